The number of aromatic nitrogens is 1. The van der Waals surface area contributed by atoms with Gasteiger partial charge in [0, 0.05) is 44.8 Å². The van der Waals surface area contributed by atoms with Crippen molar-refractivity contribution in [3.63, 3.8) is 0 Å². The third-order valence-corrected chi connectivity index (χ3v) is 5.16. The Morgan fingerprint density at radius 2 is 1.96 bits per heavy atom. The zero-order valence-corrected chi connectivity index (χ0v) is 14.8. The van der Waals surface area contributed by atoms with Crippen LogP contribution in [0.4, 0.5) is 0 Å². The minimum Gasteiger partial charge on any atom is -0.355 e. The Morgan fingerprint density at radius 1 is 1.21 bits per heavy atom. The molecule has 24 heavy (non-hydrogen) atoms. The summed E-state index contributed by atoms with van der Waals surface area (Å²) in [6.07, 6.45) is 3.20. The normalized spacial score (nSPS) is 19.3. The van der Waals surface area contributed by atoms with Crippen molar-refractivity contribution in [1.82, 2.24) is 20.1 Å². The fraction of sp³-hybridized carbons (Fsp3) is 0.667. The Kier molecular flexibility index (Phi) is 5.36. The number of hydrogen-bond acceptors (Lipinski definition) is 4. The number of nitrogens with zero attached hydrogens (tertiary/aromatic N) is 2. The molecule has 0 bridgehead atoms. The van der Waals surface area contributed by atoms with E-state index in [9.17, 15) is 9.59 Å². The Balaban J connectivity index is 1.50. The highest BCUT2D eigenvalue weighted by atomic mass is 16.1. The van der Waals surface area contributed by atoms with Crippen molar-refractivity contribution in [1.29, 1.82) is 0 Å². The van der Waals surface area contributed by atoms with Crippen LogP contribution in [0, 0.1) is 6.92 Å². The van der Waals surface area contributed by atoms with Crippen LogP contribution in [0.2, 0.25) is 0 Å². The standard InChI is InChI=1S/C18H28N4O2/c1-13-16(14-5-3-6-15(23)17(14)20-13)18(24)19-7-4-8-22-11-9-21(2)10-12-22/h20H,3-12H2,1-2H3,(H,19,24). The van der Waals surface area contributed by atoms with Crippen LogP contribution in [0.15, 0.2) is 0 Å². The third kappa shape index (κ3) is 3.70. The van der Waals surface area contributed by atoms with Gasteiger partial charge in [0.25, 0.3) is 5.91 Å². The fourth-order valence-corrected chi connectivity index (χ4v) is 3.69. The molecule has 0 saturated carbocycles. The zero-order chi connectivity index (χ0) is 17.1. The largest absolute Gasteiger partial charge is 0.355 e. The van der Waals surface area contributed by atoms with Crippen LogP contribution >= 0.6 is 0 Å². The quantitative estimate of drug-likeness (QED) is 0.795. The van der Waals surface area contributed by atoms with Gasteiger partial charge in [0.15, 0.2) is 5.78 Å². The summed E-state index contributed by atoms with van der Waals surface area (Å²) in [5.41, 5.74) is 3.08. The van der Waals surface area contributed by atoms with Crippen molar-refractivity contribution in [3.05, 3.63) is 22.5 Å². The van der Waals surface area contributed by atoms with E-state index >= 15 is 0 Å². The minimum atomic E-state index is -0.0434. The molecule has 0 aromatic carbocycles. The lowest BCUT2D eigenvalue weighted by Gasteiger charge is -2.32. The number of nitrogens with one attached hydrogen (secondary N) is 2. The number of hydrogen-bond donors (Lipinski definition) is 2. The van der Waals surface area contributed by atoms with Crippen LogP contribution < -0.4 is 5.32 Å². The highest BCUT2D eigenvalue weighted by Crippen LogP contribution is 2.26. The molecule has 2 aliphatic rings. The lowest BCUT2D eigenvalue weighted by molar-refractivity contribution is 0.0948. The first kappa shape index (κ1) is 17.2. The molecule has 0 unspecified atom stereocenters. The number of aryl methyl sites for hydroxylation is 1. The van der Waals surface area contributed by atoms with Gasteiger partial charge in [0.1, 0.15) is 0 Å². The average Bonchev–Trinajstić information content (AvgIpc) is 2.91. The second-order valence-electron chi connectivity index (χ2n) is 7.01. The number of rotatable bonds is 5. The molecular formula is C18H28N4O2. The van der Waals surface area contributed by atoms with Gasteiger partial charge >= 0.3 is 0 Å². The maximum absolute atomic E-state index is 12.5. The molecule has 1 aromatic heterocycles. The van der Waals surface area contributed by atoms with Crippen molar-refractivity contribution in [2.45, 2.75) is 32.6 Å². The van der Waals surface area contributed by atoms with Crippen LogP contribution in [-0.2, 0) is 6.42 Å². The number of carbonyl (C=O) groups excluding carboxylic acids is 2. The third-order valence-electron chi connectivity index (χ3n) is 5.16. The van der Waals surface area contributed by atoms with Gasteiger partial charge < -0.3 is 20.1 Å². The molecule has 1 saturated heterocycles. The summed E-state index contributed by atoms with van der Waals surface area (Å²) >= 11 is 0. The number of aromatic amines is 1. The SMILES string of the molecule is Cc1[nH]c2c(c1C(=O)NCCCN1CCN(C)CC1)CCCC2=O. The van der Waals surface area contributed by atoms with E-state index in [0.29, 0.717) is 24.2 Å². The summed E-state index contributed by atoms with van der Waals surface area (Å²) in [6.45, 7) is 8.04. The lowest BCUT2D eigenvalue weighted by atomic mass is 9.93. The van der Waals surface area contributed by atoms with Gasteiger partial charge in [-0.1, -0.05) is 0 Å². The van der Waals surface area contributed by atoms with Gasteiger partial charge in [-0.15, -0.1) is 0 Å². The molecule has 1 fully saturated rings. The lowest BCUT2D eigenvalue weighted by Crippen LogP contribution is -2.45. The van der Waals surface area contributed by atoms with Crippen molar-refractivity contribution < 1.29 is 9.59 Å². The molecular weight excluding hydrogens is 304 g/mol. The summed E-state index contributed by atoms with van der Waals surface area (Å²) in [7, 11) is 2.15. The molecule has 1 aromatic rings. The highest BCUT2D eigenvalue weighted by molar-refractivity contribution is 6.04. The monoisotopic (exact) mass is 332 g/mol. The zero-order valence-electron chi connectivity index (χ0n) is 14.8. The first-order valence-corrected chi connectivity index (χ1v) is 9.00. The molecule has 0 radical (unpaired) electrons. The maximum atomic E-state index is 12.5. The summed E-state index contributed by atoms with van der Waals surface area (Å²) in [5, 5.41) is 3.03. The Bertz CT molecular complexity index is 615. The van der Waals surface area contributed by atoms with E-state index in [0.717, 1.165) is 63.2 Å². The first-order valence-electron chi connectivity index (χ1n) is 9.00. The molecule has 1 aliphatic carbocycles. The van der Waals surface area contributed by atoms with Crippen LogP contribution in [0.5, 0.6) is 0 Å². The number of piperazine rings is 1. The van der Waals surface area contributed by atoms with Gasteiger partial charge in [-0.25, -0.2) is 0 Å². The molecule has 0 atom stereocenters. The van der Waals surface area contributed by atoms with Crippen LogP contribution in [-0.4, -0.2) is 72.8 Å². The molecule has 6 nitrogen and oxygen atoms in total. The molecule has 6 heteroatoms. The second kappa shape index (κ2) is 7.49. The Labute approximate surface area is 143 Å². The molecule has 1 amide bonds. The molecule has 2 N–H and O–H groups in total. The van der Waals surface area contributed by atoms with E-state index in [2.05, 4.69) is 27.1 Å². The van der Waals surface area contributed by atoms with Gasteiger partial charge in [-0.05, 0) is 45.3 Å². The van der Waals surface area contributed by atoms with Gasteiger partial charge in [-0.3, -0.25) is 9.59 Å². The number of carbonyl (C=O) groups is 2. The number of fused-ring (bicyclic) bond motifs is 1. The number of H-pyrrole nitrogens is 1. The molecule has 3 rings (SSSR count). The summed E-state index contributed by atoms with van der Waals surface area (Å²) < 4.78 is 0. The number of Topliss-reactive ketones (excluding diaryl/α,β-unsaturated/α-hetero) is 1. The van der Waals surface area contributed by atoms with Crippen molar-refractivity contribution in [2.75, 3.05) is 46.3 Å². The van der Waals surface area contributed by atoms with E-state index < -0.39 is 0 Å². The minimum absolute atomic E-state index is 0.0434. The summed E-state index contributed by atoms with van der Waals surface area (Å²) in [6, 6.07) is 0. The topological polar surface area (TPSA) is 68.4 Å². The van der Waals surface area contributed by atoms with Crippen molar-refractivity contribution in [3.8, 4) is 0 Å². The second-order valence-corrected chi connectivity index (χ2v) is 7.01. The van der Waals surface area contributed by atoms with E-state index in [1.807, 2.05) is 6.92 Å². The fourth-order valence-electron chi connectivity index (χ4n) is 3.69. The predicted molar refractivity (Wildman–Crippen MR) is 93.7 cm³/mol. The Morgan fingerprint density at radius 3 is 2.71 bits per heavy atom. The predicted octanol–water partition coefficient (Wildman–Crippen LogP) is 1.21. The van der Waals surface area contributed by atoms with Crippen LogP contribution in [0.25, 0.3) is 0 Å². The number of likely N-dealkylation sites (N-methyl/N-ethyl adjacent to an activating group) is 1. The highest BCUT2D eigenvalue weighted by Gasteiger charge is 2.27. The van der Waals surface area contributed by atoms with Crippen molar-refractivity contribution >= 4 is 11.7 Å². The Hall–Kier alpha value is -1.66. The maximum Gasteiger partial charge on any atom is 0.253 e. The van der Waals surface area contributed by atoms with Crippen LogP contribution in [0.3, 0.4) is 0 Å². The summed E-state index contributed by atoms with van der Waals surface area (Å²) in [5.74, 6) is 0.0894. The van der Waals surface area contributed by atoms with E-state index in [1.165, 1.54) is 0 Å². The van der Waals surface area contributed by atoms with Gasteiger partial charge in [0.05, 0.1) is 11.3 Å². The van der Waals surface area contributed by atoms with Gasteiger partial charge in [0.2, 0.25) is 0 Å². The molecule has 2 heterocycles. The molecule has 0 spiro atoms. The average molecular weight is 332 g/mol. The molecule has 132 valence electrons. The van der Waals surface area contributed by atoms with Crippen molar-refractivity contribution in [2.24, 2.45) is 0 Å². The number of ketones is 1. The van der Waals surface area contributed by atoms with Gasteiger partial charge in [-0.2, -0.15) is 0 Å². The first-order chi connectivity index (χ1) is 11.6. The molecule has 1 aliphatic heterocycles. The van der Waals surface area contributed by atoms with E-state index in [1.54, 1.807) is 0 Å². The number of amides is 1. The smallest absolute Gasteiger partial charge is 0.253 e. The van der Waals surface area contributed by atoms with Crippen LogP contribution in [0.1, 0.15) is 51.4 Å². The summed E-state index contributed by atoms with van der Waals surface area (Å²) in [4.78, 5) is 32.4. The van der Waals surface area contributed by atoms with E-state index in [-0.39, 0.29) is 11.7 Å². The van der Waals surface area contributed by atoms with E-state index in [4.69, 9.17) is 0 Å².